The van der Waals surface area contributed by atoms with Crippen LogP contribution in [0.25, 0.3) is 31.6 Å². The predicted octanol–water partition coefficient (Wildman–Crippen LogP) is 6.34. The van der Waals surface area contributed by atoms with Crippen LogP contribution in [0.15, 0.2) is 60.7 Å². The molecular weight excluding hydrogens is 490 g/mol. The van der Waals surface area contributed by atoms with Gasteiger partial charge < -0.3 is 15.0 Å². The smallest absolute Gasteiger partial charge is 0.260 e. The lowest BCUT2D eigenvalue weighted by molar-refractivity contribution is -0.129. The minimum Gasteiger partial charge on any atom is -0.496 e. The van der Waals surface area contributed by atoms with Gasteiger partial charge in [-0.2, -0.15) is 0 Å². The lowest BCUT2D eigenvalue weighted by Crippen LogP contribution is -2.33. The fourth-order valence-corrected chi connectivity index (χ4v) is 7.07. The van der Waals surface area contributed by atoms with E-state index in [1.165, 1.54) is 11.3 Å². The van der Waals surface area contributed by atoms with Crippen molar-refractivity contribution in [3.63, 3.8) is 0 Å². The lowest BCUT2D eigenvalue weighted by Gasteiger charge is -2.26. The van der Waals surface area contributed by atoms with Gasteiger partial charge in [-0.25, -0.2) is 4.98 Å². The van der Waals surface area contributed by atoms with E-state index >= 15 is 0 Å². The highest BCUT2D eigenvalue weighted by Crippen LogP contribution is 2.46. The maximum Gasteiger partial charge on any atom is 0.260 e. The molecule has 2 amide bonds. The fourth-order valence-electron chi connectivity index (χ4n) is 4.70. The maximum atomic E-state index is 13.6. The number of amides is 2. The lowest BCUT2D eigenvalue weighted by atomic mass is 10.0. The molecule has 36 heavy (non-hydrogen) atoms. The van der Waals surface area contributed by atoms with E-state index in [1.807, 2.05) is 59.5 Å². The summed E-state index contributed by atoms with van der Waals surface area (Å²) in [7, 11) is 1.58. The van der Waals surface area contributed by atoms with E-state index in [1.54, 1.807) is 25.4 Å². The number of para-hydroxylation sites is 1. The van der Waals surface area contributed by atoms with Gasteiger partial charge in [0.05, 0.1) is 29.4 Å². The van der Waals surface area contributed by atoms with E-state index in [0.717, 1.165) is 53.4 Å². The molecule has 180 valence electrons. The number of anilines is 1. The Morgan fingerprint density at radius 1 is 1.03 bits per heavy atom. The Labute approximate surface area is 216 Å². The Morgan fingerprint density at radius 3 is 2.53 bits per heavy atom. The number of carbonyl (C=O) groups is 2. The molecule has 0 radical (unpaired) electrons. The topological polar surface area (TPSA) is 71.5 Å². The Bertz CT molecular complexity index is 1620. The fraction of sp³-hybridized carbons (Fsp3) is 0.179. The number of ether oxygens (including phenoxy) is 1. The van der Waals surface area contributed by atoms with E-state index in [-0.39, 0.29) is 11.8 Å². The zero-order valence-electron chi connectivity index (χ0n) is 19.8. The quantitative estimate of drug-likeness (QED) is 0.304. The highest BCUT2D eigenvalue weighted by atomic mass is 32.1. The molecule has 6 nitrogen and oxygen atoms in total. The van der Waals surface area contributed by atoms with Crippen LogP contribution in [0.3, 0.4) is 0 Å². The predicted molar refractivity (Wildman–Crippen MR) is 146 cm³/mol. The Kier molecular flexibility index (Phi) is 5.70. The van der Waals surface area contributed by atoms with Crippen molar-refractivity contribution >= 4 is 60.5 Å². The van der Waals surface area contributed by atoms with Gasteiger partial charge in [0.25, 0.3) is 5.91 Å². The number of rotatable bonds is 4. The highest BCUT2D eigenvalue weighted by molar-refractivity contribution is 7.23. The number of thiophene rings is 1. The number of benzene rings is 3. The molecule has 0 spiro atoms. The molecule has 0 unspecified atom stereocenters. The second-order valence-electron chi connectivity index (χ2n) is 8.74. The summed E-state index contributed by atoms with van der Waals surface area (Å²) >= 11 is 3.15. The Morgan fingerprint density at radius 2 is 1.78 bits per heavy atom. The van der Waals surface area contributed by atoms with Crippen LogP contribution in [-0.4, -0.2) is 35.4 Å². The molecule has 1 N–H and O–H groups in total. The van der Waals surface area contributed by atoms with Crippen molar-refractivity contribution in [2.24, 2.45) is 0 Å². The molecular formula is C28H23N3O3S2. The molecule has 0 saturated carbocycles. The Hall–Kier alpha value is -3.75. The number of aromatic nitrogens is 1. The van der Waals surface area contributed by atoms with E-state index in [4.69, 9.17) is 9.72 Å². The summed E-state index contributed by atoms with van der Waals surface area (Å²) < 4.78 is 6.68. The summed E-state index contributed by atoms with van der Waals surface area (Å²) in [5, 5.41) is 6.79. The zero-order chi connectivity index (χ0) is 24.8. The number of nitrogens with one attached hydrogen (secondary N) is 1. The van der Waals surface area contributed by atoms with Crippen molar-refractivity contribution in [2.45, 2.75) is 19.9 Å². The van der Waals surface area contributed by atoms with Gasteiger partial charge in [0, 0.05) is 23.9 Å². The molecule has 6 rings (SSSR count). The van der Waals surface area contributed by atoms with Gasteiger partial charge in [-0.05, 0) is 47.0 Å². The average Bonchev–Trinajstić information content (AvgIpc) is 3.47. The van der Waals surface area contributed by atoms with Crippen molar-refractivity contribution in [3.05, 3.63) is 76.7 Å². The summed E-state index contributed by atoms with van der Waals surface area (Å²) in [6.45, 7) is 2.80. The van der Waals surface area contributed by atoms with Gasteiger partial charge in [-0.15, -0.1) is 22.7 Å². The van der Waals surface area contributed by atoms with Crippen molar-refractivity contribution in [1.29, 1.82) is 0 Å². The third kappa shape index (κ3) is 3.92. The van der Waals surface area contributed by atoms with E-state index < -0.39 is 0 Å². The van der Waals surface area contributed by atoms with Gasteiger partial charge in [-0.3, -0.25) is 9.59 Å². The van der Waals surface area contributed by atoms with Crippen LogP contribution in [-0.2, 0) is 17.8 Å². The molecule has 8 heteroatoms. The first kappa shape index (κ1) is 22.7. The average molecular weight is 514 g/mol. The molecule has 3 aromatic carbocycles. The minimum absolute atomic E-state index is 0.0575. The van der Waals surface area contributed by atoms with Crippen molar-refractivity contribution in [2.75, 3.05) is 19.0 Å². The van der Waals surface area contributed by atoms with E-state index in [9.17, 15) is 9.59 Å². The number of carbonyl (C=O) groups excluding carboxylic acids is 2. The zero-order valence-corrected chi connectivity index (χ0v) is 21.5. The molecule has 0 atom stereocenters. The first-order valence-corrected chi connectivity index (χ1v) is 13.3. The summed E-state index contributed by atoms with van der Waals surface area (Å²) in [4.78, 5) is 33.5. The number of hydrogen-bond donors (Lipinski definition) is 1. The Balaban J connectivity index is 1.45. The van der Waals surface area contributed by atoms with Crippen LogP contribution >= 0.6 is 22.7 Å². The summed E-state index contributed by atoms with van der Waals surface area (Å²) in [5.41, 5.74) is 3.54. The molecule has 0 bridgehead atoms. The van der Waals surface area contributed by atoms with Gasteiger partial charge in [-0.1, -0.05) is 36.4 Å². The monoisotopic (exact) mass is 513 g/mol. The summed E-state index contributed by atoms with van der Waals surface area (Å²) in [5.74, 6) is 0.348. The summed E-state index contributed by atoms with van der Waals surface area (Å²) in [6.07, 6.45) is 0.728. The number of fused-ring (bicyclic) bond motifs is 3. The molecule has 5 aromatic rings. The van der Waals surface area contributed by atoms with Gasteiger partial charge >= 0.3 is 0 Å². The van der Waals surface area contributed by atoms with Crippen LogP contribution in [0.2, 0.25) is 0 Å². The summed E-state index contributed by atoms with van der Waals surface area (Å²) in [6, 6.07) is 19.7. The first-order chi connectivity index (χ1) is 17.5. The second-order valence-corrected chi connectivity index (χ2v) is 10.9. The van der Waals surface area contributed by atoms with Crippen LogP contribution in [0, 0.1) is 0 Å². The van der Waals surface area contributed by atoms with E-state index in [2.05, 4.69) is 11.4 Å². The van der Waals surface area contributed by atoms with Gasteiger partial charge in [0.1, 0.15) is 15.8 Å². The first-order valence-electron chi connectivity index (χ1n) is 11.7. The standard InChI is InChI=1S/C28H23N3O3S2/c1-16(32)31-12-11-19-24(15-31)36-28(25(19)27-29-21-9-5-6-10-23(21)35-27)30-26(33)20-13-17-7-3-4-8-18(17)14-22(20)34-2/h3-10,13-14H,11-12,15H2,1-2H3,(H,30,33). The molecule has 0 aliphatic carbocycles. The third-order valence-electron chi connectivity index (χ3n) is 6.55. The van der Waals surface area contributed by atoms with Gasteiger partial charge in [0.2, 0.25) is 5.91 Å². The molecule has 1 aliphatic heterocycles. The number of hydrogen-bond acceptors (Lipinski definition) is 6. The van der Waals surface area contributed by atoms with E-state index in [0.29, 0.717) is 24.4 Å². The van der Waals surface area contributed by atoms with Crippen molar-refractivity contribution in [1.82, 2.24) is 9.88 Å². The number of nitrogens with zero attached hydrogens (tertiary/aromatic N) is 2. The van der Waals surface area contributed by atoms with Crippen LogP contribution in [0.4, 0.5) is 5.00 Å². The second kappa shape index (κ2) is 9.04. The minimum atomic E-state index is -0.234. The molecule has 3 heterocycles. The molecule has 0 fully saturated rings. The number of thiazole rings is 1. The van der Waals surface area contributed by atoms with Crippen molar-refractivity contribution in [3.8, 4) is 16.3 Å². The third-order valence-corrected chi connectivity index (χ3v) is 8.74. The highest BCUT2D eigenvalue weighted by Gasteiger charge is 2.29. The number of methoxy groups -OCH3 is 1. The van der Waals surface area contributed by atoms with Crippen molar-refractivity contribution < 1.29 is 14.3 Å². The van der Waals surface area contributed by atoms with Gasteiger partial charge in [0.15, 0.2) is 0 Å². The van der Waals surface area contributed by atoms with Crippen LogP contribution in [0.1, 0.15) is 27.7 Å². The SMILES string of the molecule is COc1cc2ccccc2cc1C(=O)Nc1sc2c(c1-c1nc3ccccc3s1)CCN(C(C)=O)C2. The normalized spacial score (nSPS) is 13.1. The van der Waals surface area contributed by atoms with Crippen LogP contribution < -0.4 is 10.1 Å². The molecule has 0 saturated heterocycles. The maximum absolute atomic E-state index is 13.6. The molecule has 2 aromatic heterocycles. The molecule has 1 aliphatic rings. The largest absolute Gasteiger partial charge is 0.496 e. The van der Waals surface area contributed by atoms with Crippen LogP contribution in [0.5, 0.6) is 5.75 Å².